The number of nitrogens with zero attached hydrogens (tertiary/aromatic N) is 3. The fraction of sp³-hybridized carbons (Fsp3) is 0.154. The highest BCUT2D eigenvalue weighted by molar-refractivity contribution is 6.62. The lowest BCUT2D eigenvalue weighted by atomic mass is 9.80. The van der Waals surface area contributed by atoms with Gasteiger partial charge in [0.15, 0.2) is 0 Å². The molecule has 0 saturated carbocycles. The molecule has 5 nitrogen and oxygen atoms in total. The van der Waals surface area contributed by atoms with Gasteiger partial charge in [-0.1, -0.05) is 72.8 Å². The van der Waals surface area contributed by atoms with Gasteiger partial charge >= 0.3 is 7.12 Å². The summed E-state index contributed by atoms with van der Waals surface area (Å²) >= 11 is 0. The molecular formula is C39H32BN3O2. The Hall–Kier alpha value is -4.91. The Kier molecular flexibility index (Phi) is 5.48. The van der Waals surface area contributed by atoms with Crippen molar-refractivity contribution in [3.8, 4) is 11.5 Å². The van der Waals surface area contributed by atoms with Crippen molar-refractivity contribution in [3.05, 3.63) is 121 Å². The second kappa shape index (κ2) is 9.30. The zero-order valence-electron chi connectivity index (χ0n) is 25.8. The van der Waals surface area contributed by atoms with Crippen molar-refractivity contribution in [2.24, 2.45) is 0 Å². The standard InChI is InChI=1S/C39H32BN3O2/c1-38(2)39(3,4)45-40(44-38)26-19-21-36(41-24-26)43-32-17-11-10-16-29(32)30-22-31-35(23-34(30)43)42(27-13-6-5-7-14-27)33-20-18-25-12-8-9-15-28(25)37(31)33/h5-24H,1-4H3. The lowest BCUT2D eigenvalue weighted by Crippen LogP contribution is -2.41. The minimum absolute atomic E-state index is 0.406. The largest absolute Gasteiger partial charge is 0.496 e. The van der Waals surface area contributed by atoms with E-state index in [2.05, 4.69) is 152 Å². The van der Waals surface area contributed by atoms with E-state index in [1.54, 1.807) is 0 Å². The molecule has 0 aliphatic carbocycles. The molecule has 218 valence electrons. The molecule has 0 bridgehead atoms. The molecule has 6 heteroatoms. The Morgan fingerprint density at radius 1 is 0.556 bits per heavy atom. The van der Waals surface area contributed by atoms with Crippen LogP contribution in [0.5, 0.6) is 0 Å². The molecule has 1 saturated heterocycles. The van der Waals surface area contributed by atoms with E-state index in [9.17, 15) is 0 Å². The van der Waals surface area contributed by atoms with Crippen LogP contribution in [-0.4, -0.2) is 32.4 Å². The van der Waals surface area contributed by atoms with Crippen LogP contribution in [0.1, 0.15) is 27.7 Å². The quantitative estimate of drug-likeness (QED) is 0.195. The van der Waals surface area contributed by atoms with Gasteiger partial charge in [0, 0.05) is 38.9 Å². The van der Waals surface area contributed by atoms with Crippen molar-refractivity contribution in [3.63, 3.8) is 0 Å². The predicted molar refractivity (Wildman–Crippen MR) is 186 cm³/mol. The molecule has 8 aromatic rings. The van der Waals surface area contributed by atoms with Gasteiger partial charge in [-0.2, -0.15) is 0 Å². The van der Waals surface area contributed by atoms with Crippen LogP contribution in [0.4, 0.5) is 0 Å². The van der Waals surface area contributed by atoms with E-state index in [1.807, 2.05) is 6.20 Å². The molecule has 0 spiro atoms. The Balaban J connectivity index is 1.32. The summed E-state index contributed by atoms with van der Waals surface area (Å²) in [6, 6.07) is 41.3. The second-order valence-corrected chi connectivity index (χ2v) is 13.1. The van der Waals surface area contributed by atoms with E-state index in [1.165, 1.54) is 37.8 Å². The first kappa shape index (κ1) is 26.5. The van der Waals surface area contributed by atoms with Gasteiger partial charge in [-0.05, 0) is 80.9 Å². The summed E-state index contributed by atoms with van der Waals surface area (Å²) in [6.07, 6.45) is 1.89. The molecule has 0 radical (unpaired) electrons. The van der Waals surface area contributed by atoms with Crippen molar-refractivity contribution < 1.29 is 9.31 Å². The van der Waals surface area contributed by atoms with E-state index in [4.69, 9.17) is 14.3 Å². The zero-order chi connectivity index (χ0) is 30.5. The van der Waals surface area contributed by atoms with Gasteiger partial charge in [0.05, 0.1) is 33.3 Å². The van der Waals surface area contributed by atoms with Crippen molar-refractivity contribution in [1.82, 2.24) is 14.1 Å². The van der Waals surface area contributed by atoms with Gasteiger partial charge < -0.3 is 13.9 Å². The normalized spacial score (nSPS) is 16.1. The molecule has 4 heterocycles. The third kappa shape index (κ3) is 3.79. The monoisotopic (exact) mass is 585 g/mol. The topological polar surface area (TPSA) is 41.2 Å². The second-order valence-electron chi connectivity index (χ2n) is 13.1. The minimum atomic E-state index is -0.453. The Labute approximate surface area is 261 Å². The van der Waals surface area contributed by atoms with E-state index in [0.717, 1.165) is 33.5 Å². The third-order valence-corrected chi connectivity index (χ3v) is 9.99. The first-order valence-electron chi connectivity index (χ1n) is 15.6. The summed E-state index contributed by atoms with van der Waals surface area (Å²) in [7, 11) is -0.453. The van der Waals surface area contributed by atoms with Gasteiger partial charge in [0.2, 0.25) is 0 Å². The number of para-hydroxylation sites is 2. The number of rotatable bonds is 3. The molecule has 45 heavy (non-hydrogen) atoms. The molecule has 9 rings (SSSR count). The molecule has 0 atom stereocenters. The van der Waals surface area contributed by atoms with Crippen LogP contribution >= 0.6 is 0 Å². The fourth-order valence-corrected chi connectivity index (χ4v) is 7.00. The maximum absolute atomic E-state index is 6.31. The van der Waals surface area contributed by atoms with Gasteiger partial charge in [0.25, 0.3) is 0 Å². The summed E-state index contributed by atoms with van der Waals surface area (Å²) < 4.78 is 17.3. The summed E-state index contributed by atoms with van der Waals surface area (Å²) in [6.45, 7) is 8.30. The number of benzene rings is 5. The summed E-state index contributed by atoms with van der Waals surface area (Å²) in [4.78, 5) is 5.00. The number of pyridine rings is 1. The maximum Gasteiger partial charge on any atom is 0.496 e. The van der Waals surface area contributed by atoms with Crippen LogP contribution in [0.25, 0.3) is 65.9 Å². The molecule has 1 fully saturated rings. The van der Waals surface area contributed by atoms with Gasteiger partial charge in [-0.15, -0.1) is 0 Å². The summed E-state index contributed by atoms with van der Waals surface area (Å²) in [5.41, 5.74) is 5.84. The highest BCUT2D eigenvalue weighted by atomic mass is 16.7. The number of aromatic nitrogens is 3. The molecule has 1 aliphatic rings. The maximum atomic E-state index is 6.31. The molecule has 0 N–H and O–H groups in total. The lowest BCUT2D eigenvalue weighted by Gasteiger charge is -2.32. The van der Waals surface area contributed by atoms with Gasteiger partial charge in [-0.3, -0.25) is 4.57 Å². The fourth-order valence-electron chi connectivity index (χ4n) is 7.00. The van der Waals surface area contributed by atoms with Crippen molar-refractivity contribution in [1.29, 1.82) is 0 Å². The van der Waals surface area contributed by atoms with Crippen molar-refractivity contribution in [2.45, 2.75) is 38.9 Å². The smallest absolute Gasteiger partial charge is 0.399 e. The van der Waals surface area contributed by atoms with Crippen LogP contribution in [0.3, 0.4) is 0 Å². The van der Waals surface area contributed by atoms with Crippen molar-refractivity contribution in [2.75, 3.05) is 0 Å². The van der Waals surface area contributed by atoms with Crippen LogP contribution in [-0.2, 0) is 9.31 Å². The van der Waals surface area contributed by atoms with Crippen molar-refractivity contribution >= 4 is 67.0 Å². The van der Waals surface area contributed by atoms with E-state index < -0.39 is 18.3 Å². The Bertz CT molecular complexity index is 2420. The summed E-state index contributed by atoms with van der Waals surface area (Å²) in [5, 5.41) is 7.42. The average molecular weight is 586 g/mol. The summed E-state index contributed by atoms with van der Waals surface area (Å²) in [5.74, 6) is 0.855. The molecule has 3 aromatic heterocycles. The van der Waals surface area contributed by atoms with Gasteiger partial charge in [-0.25, -0.2) is 4.98 Å². The molecule has 0 amide bonds. The number of hydrogen-bond donors (Lipinski definition) is 0. The molecular weight excluding hydrogens is 553 g/mol. The van der Waals surface area contributed by atoms with E-state index in [-0.39, 0.29) is 0 Å². The SMILES string of the molecule is CC1(C)OB(c2ccc(-n3c4ccccc4c4cc5c6c7ccccc7ccc6n(-c6ccccc6)c5cc43)nc2)OC1(C)C. The molecule has 1 aliphatic heterocycles. The van der Waals surface area contributed by atoms with E-state index in [0.29, 0.717) is 0 Å². The zero-order valence-corrected chi connectivity index (χ0v) is 25.8. The average Bonchev–Trinajstić information content (AvgIpc) is 3.63. The molecule has 5 aromatic carbocycles. The van der Waals surface area contributed by atoms with Crippen LogP contribution in [0, 0.1) is 0 Å². The number of hydrogen-bond acceptors (Lipinski definition) is 3. The predicted octanol–water partition coefficient (Wildman–Crippen LogP) is 8.73. The Morgan fingerprint density at radius 3 is 2.00 bits per heavy atom. The molecule has 0 unspecified atom stereocenters. The van der Waals surface area contributed by atoms with Crippen LogP contribution in [0.2, 0.25) is 0 Å². The minimum Gasteiger partial charge on any atom is -0.399 e. The van der Waals surface area contributed by atoms with Crippen LogP contribution < -0.4 is 5.46 Å². The Morgan fingerprint density at radius 2 is 1.24 bits per heavy atom. The van der Waals surface area contributed by atoms with Crippen LogP contribution in [0.15, 0.2) is 121 Å². The first-order valence-corrected chi connectivity index (χ1v) is 15.6. The van der Waals surface area contributed by atoms with E-state index >= 15 is 0 Å². The third-order valence-electron chi connectivity index (χ3n) is 9.99. The van der Waals surface area contributed by atoms with Gasteiger partial charge in [0.1, 0.15) is 5.82 Å². The lowest BCUT2D eigenvalue weighted by molar-refractivity contribution is 0.00578. The first-order chi connectivity index (χ1) is 21.8. The number of fused-ring (bicyclic) bond motifs is 8. The highest BCUT2D eigenvalue weighted by Crippen LogP contribution is 2.42. The highest BCUT2D eigenvalue weighted by Gasteiger charge is 2.51.